The van der Waals surface area contributed by atoms with Crippen molar-refractivity contribution in [3.8, 4) is 5.75 Å². The number of aromatic hydroxyl groups is 1. The first kappa shape index (κ1) is 13.0. The number of aryl methyl sites for hydroxylation is 1. The summed E-state index contributed by atoms with van der Waals surface area (Å²) in [4.78, 5) is 11.8. The molecule has 88 valence electrons. The van der Waals surface area contributed by atoms with Crippen LogP contribution in [0, 0.1) is 6.92 Å². The van der Waals surface area contributed by atoms with E-state index in [-0.39, 0.29) is 11.3 Å². The summed E-state index contributed by atoms with van der Waals surface area (Å²) in [5.41, 5.74) is 0.336. The smallest absolute Gasteiger partial charge is 0.342 e. The van der Waals surface area contributed by atoms with Crippen LogP contribution in [0.25, 0.3) is 0 Å². The van der Waals surface area contributed by atoms with Crippen LogP contribution in [-0.2, 0) is 4.74 Å². The Kier molecular flexibility index (Phi) is 3.63. The highest BCUT2D eigenvalue weighted by Crippen LogP contribution is 2.28. The number of halogens is 1. The van der Waals surface area contributed by atoms with Gasteiger partial charge in [0.05, 0.1) is 0 Å². The van der Waals surface area contributed by atoms with Gasteiger partial charge in [0, 0.05) is 4.47 Å². The first-order valence-corrected chi connectivity index (χ1v) is 5.72. The third-order valence-corrected chi connectivity index (χ3v) is 2.34. The molecule has 0 saturated carbocycles. The van der Waals surface area contributed by atoms with Gasteiger partial charge >= 0.3 is 5.97 Å². The summed E-state index contributed by atoms with van der Waals surface area (Å²) >= 11 is 3.25. The predicted octanol–water partition coefficient (Wildman–Crippen LogP) is 3.42. The quantitative estimate of drug-likeness (QED) is 0.805. The number of phenolic OH excluding ortho intramolecular Hbond substituents is 1. The van der Waals surface area contributed by atoms with Gasteiger partial charge in [-0.1, -0.05) is 15.9 Å². The van der Waals surface area contributed by atoms with E-state index >= 15 is 0 Å². The predicted molar refractivity (Wildman–Crippen MR) is 65.7 cm³/mol. The molecule has 0 aromatic heterocycles. The number of rotatable bonds is 1. The third-order valence-electron chi connectivity index (χ3n) is 1.88. The summed E-state index contributed by atoms with van der Waals surface area (Å²) < 4.78 is 5.94. The zero-order chi connectivity index (χ0) is 12.5. The van der Waals surface area contributed by atoms with Crippen LogP contribution in [0.2, 0.25) is 0 Å². The number of ether oxygens (including phenoxy) is 1. The second kappa shape index (κ2) is 4.45. The Morgan fingerprint density at radius 2 is 1.94 bits per heavy atom. The molecule has 0 aliphatic heterocycles. The fourth-order valence-electron chi connectivity index (χ4n) is 1.32. The molecule has 0 bridgehead atoms. The van der Waals surface area contributed by atoms with Crippen molar-refractivity contribution in [2.45, 2.75) is 33.3 Å². The van der Waals surface area contributed by atoms with E-state index in [0.717, 1.165) is 4.47 Å². The molecule has 1 rings (SSSR count). The van der Waals surface area contributed by atoms with Gasteiger partial charge in [-0.15, -0.1) is 0 Å². The lowest BCUT2D eigenvalue weighted by Gasteiger charge is -2.20. The van der Waals surface area contributed by atoms with E-state index in [1.165, 1.54) is 6.07 Å². The zero-order valence-electron chi connectivity index (χ0n) is 9.80. The molecule has 0 fully saturated rings. The molecule has 0 radical (unpaired) electrons. The maximum absolute atomic E-state index is 11.8. The minimum atomic E-state index is -0.566. The Bertz CT molecular complexity index is 396. The number of esters is 1. The minimum absolute atomic E-state index is 0.0684. The Morgan fingerprint density at radius 1 is 1.38 bits per heavy atom. The molecule has 0 aliphatic rings. The highest BCUT2D eigenvalue weighted by molar-refractivity contribution is 9.10. The van der Waals surface area contributed by atoms with E-state index < -0.39 is 11.6 Å². The Balaban J connectivity index is 3.10. The van der Waals surface area contributed by atoms with E-state index in [4.69, 9.17) is 4.74 Å². The first-order chi connectivity index (χ1) is 7.20. The fourth-order valence-corrected chi connectivity index (χ4v) is 1.88. The van der Waals surface area contributed by atoms with E-state index in [0.29, 0.717) is 5.56 Å². The van der Waals surface area contributed by atoms with Gasteiger partial charge in [-0.3, -0.25) is 0 Å². The maximum atomic E-state index is 11.8. The van der Waals surface area contributed by atoms with Gasteiger partial charge in [-0.2, -0.15) is 0 Å². The molecular formula is C12H15BrO3. The normalized spacial score (nSPS) is 11.3. The lowest BCUT2D eigenvalue weighted by atomic mass is 10.1. The second-order valence-electron chi connectivity index (χ2n) is 4.62. The van der Waals surface area contributed by atoms with Crippen LogP contribution in [0.15, 0.2) is 16.6 Å². The molecule has 0 spiro atoms. The van der Waals surface area contributed by atoms with Gasteiger partial charge in [0.25, 0.3) is 0 Å². The van der Waals surface area contributed by atoms with Crippen LogP contribution in [-0.4, -0.2) is 16.7 Å². The average Bonchev–Trinajstić information content (AvgIpc) is 1.96. The van der Waals surface area contributed by atoms with Gasteiger partial charge in [-0.05, 0) is 45.4 Å². The minimum Gasteiger partial charge on any atom is -0.507 e. The number of benzene rings is 1. The van der Waals surface area contributed by atoms with Crippen LogP contribution >= 0.6 is 15.9 Å². The Hall–Kier alpha value is -1.03. The lowest BCUT2D eigenvalue weighted by molar-refractivity contribution is 0.00660. The van der Waals surface area contributed by atoms with Crippen molar-refractivity contribution in [3.05, 3.63) is 27.7 Å². The summed E-state index contributed by atoms with van der Waals surface area (Å²) in [6.07, 6.45) is 0. The molecule has 4 heteroatoms. The molecule has 3 nitrogen and oxygen atoms in total. The summed E-state index contributed by atoms with van der Waals surface area (Å²) in [6, 6.07) is 3.24. The van der Waals surface area contributed by atoms with Gasteiger partial charge in [0.1, 0.15) is 16.9 Å². The number of hydrogen-bond donors (Lipinski definition) is 1. The van der Waals surface area contributed by atoms with Crippen molar-refractivity contribution in [2.24, 2.45) is 0 Å². The summed E-state index contributed by atoms with van der Waals surface area (Å²) in [5.74, 6) is -0.573. The number of carbonyl (C=O) groups excluding carboxylic acids is 1. The maximum Gasteiger partial charge on any atom is 0.342 e. The molecule has 0 atom stereocenters. The van der Waals surface area contributed by atoms with Crippen LogP contribution < -0.4 is 0 Å². The largest absolute Gasteiger partial charge is 0.507 e. The molecule has 0 amide bonds. The first-order valence-electron chi connectivity index (χ1n) is 4.93. The molecule has 16 heavy (non-hydrogen) atoms. The molecule has 0 aliphatic carbocycles. The average molecular weight is 287 g/mol. The summed E-state index contributed by atoms with van der Waals surface area (Å²) in [6.45, 7) is 7.12. The van der Waals surface area contributed by atoms with Crippen LogP contribution in [0.3, 0.4) is 0 Å². The molecule has 1 N–H and O–H groups in total. The second-order valence-corrected chi connectivity index (χ2v) is 5.53. The van der Waals surface area contributed by atoms with Crippen LogP contribution in [0.5, 0.6) is 5.75 Å². The van der Waals surface area contributed by atoms with Crippen LogP contribution in [0.4, 0.5) is 0 Å². The van der Waals surface area contributed by atoms with Gasteiger partial charge in [-0.25, -0.2) is 4.79 Å². The number of phenols is 1. The topological polar surface area (TPSA) is 46.5 Å². The van der Waals surface area contributed by atoms with Crippen LogP contribution in [0.1, 0.15) is 36.7 Å². The van der Waals surface area contributed by atoms with Gasteiger partial charge in [0.2, 0.25) is 0 Å². The summed E-state index contributed by atoms with van der Waals surface area (Å²) in [7, 11) is 0. The molecular weight excluding hydrogens is 272 g/mol. The molecule has 0 unspecified atom stereocenters. The molecule has 0 saturated heterocycles. The highest BCUT2D eigenvalue weighted by Gasteiger charge is 2.22. The standard InChI is InChI=1S/C12H15BrO3/c1-7-5-8(13)6-9(14)10(7)11(15)16-12(2,3)4/h5-6,14H,1-4H3. The van der Waals surface area contributed by atoms with Crippen molar-refractivity contribution in [1.82, 2.24) is 0 Å². The Morgan fingerprint density at radius 3 is 2.38 bits per heavy atom. The van der Waals surface area contributed by atoms with Crippen molar-refractivity contribution in [2.75, 3.05) is 0 Å². The number of carbonyl (C=O) groups is 1. The molecule has 1 aromatic rings. The van der Waals surface area contributed by atoms with E-state index in [1.54, 1.807) is 33.8 Å². The van der Waals surface area contributed by atoms with E-state index in [2.05, 4.69) is 15.9 Å². The molecule has 0 heterocycles. The Labute approximate surface area is 104 Å². The SMILES string of the molecule is Cc1cc(Br)cc(O)c1C(=O)OC(C)(C)C. The van der Waals surface area contributed by atoms with Crippen molar-refractivity contribution < 1.29 is 14.6 Å². The van der Waals surface area contributed by atoms with Gasteiger partial charge in [0.15, 0.2) is 0 Å². The van der Waals surface area contributed by atoms with Crippen molar-refractivity contribution in [1.29, 1.82) is 0 Å². The van der Waals surface area contributed by atoms with Crippen molar-refractivity contribution in [3.63, 3.8) is 0 Å². The summed E-state index contributed by atoms with van der Waals surface area (Å²) in [5, 5.41) is 9.71. The fraction of sp³-hybridized carbons (Fsp3) is 0.417. The zero-order valence-corrected chi connectivity index (χ0v) is 11.4. The lowest BCUT2D eigenvalue weighted by Crippen LogP contribution is -2.24. The van der Waals surface area contributed by atoms with E-state index in [1.807, 2.05) is 0 Å². The van der Waals surface area contributed by atoms with Gasteiger partial charge < -0.3 is 9.84 Å². The third kappa shape index (κ3) is 3.23. The molecule has 1 aromatic carbocycles. The monoisotopic (exact) mass is 286 g/mol. The van der Waals surface area contributed by atoms with E-state index in [9.17, 15) is 9.90 Å². The highest BCUT2D eigenvalue weighted by atomic mass is 79.9. The number of hydrogen-bond acceptors (Lipinski definition) is 3. The van der Waals surface area contributed by atoms with Crippen molar-refractivity contribution >= 4 is 21.9 Å².